The quantitative estimate of drug-likeness (QED) is 0.185. The first kappa shape index (κ1) is 26.2. The van der Waals surface area contributed by atoms with E-state index in [1.54, 1.807) is 0 Å². The molecular formula is C26H42O4. The monoisotopic (exact) mass is 418 g/mol. The normalized spacial score (nSPS) is 11.8. The molecule has 0 spiro atoms. The summed E-state index contributed by atoms with van der Waals surface area (Å²) < 4.78 is 10.8. The van der Waals surface area contributed by atoms with Crippen molar-refractivity contribution in [3.05, 3.63) is 35.9 Å². The van der Waals surface area contributed by atoms with Crippen LogP contribution in [0.15, 0.2) is 30.3 Å². The predicted molar refractivity (Wildman–Crippen MR) is 122 cm³/mol. The second-order valence-corrected chi connectivity index (χ2v) is 8.05. The first-order valence-electron chi connectivity index (χ1n) is 12.1. The Kier molecular flexibility index (Phi) is 15.7. The van der Waals surface area contributed by atoms with Crippen LogP contribution in [0.4, 0.5) is 0 Å². The second kappa shape index (κ2) is 18.0. The van der Waals surface area contributed by atoms with Crippen LogP contribution in [-0.2, 0) is 19.1 Å². The summed E-state index contributed by atoms with van der Waals surface area (Å²) in [5, 5.41) is 0. The highest BCUT2D eigenvalue weighted by atomic mass is 16.5. The second-order valence-electron chi connectivity index (χ2n) is 8.05. The van der Waals surface area contributed by atoms with E-state index in [-0.39, 0.29) is 30.9 Å². The van der Waals surface area contributed by atoms with Gasteiger partial charge in [0, 0.05) is 12.8 Å². The first-order valence-corrected chi connectivity index (χ1v) is 12.1. The van der Waals surface area contributed by atoms with Crippen LogP contribution in [0.3, 0.4) is 0 Å². The van der Waals surface area contributed by atoms with E-state index in [0.29, 0.717) is 13.0 Å². The van der Waals surface area contributed by atoms with Crippen LogP contribution in [-0.4, -0.2) is 18.5 Å². The third-order valence-electron chi connectivity index (χ3n) is 5.34. The number of unbranched alkanes of at least 4 members (excludes halogenated alkanes) is 9. The molecule has 0 amide bonds. The van der Waals surface area contributed by atoms with Gasteiger partial charge in [-0.05, 0) is 24.8 Å². The molecule has 0 aromatic heterocycles. The highest BCUT2D eigenvalue weighted by molar-refractivity contribution is 5.72. The maximum absolute atomic E-state index is 12.1. The lowest BCUT2D eigenvalue weighted by Crippen LogP contribution is -2.12. The Bertz CT molecular complexity index is 555. The molecule has 1 rings (SSSR count). The zero-order valence-corrected chi connectivity index (χ0v) is 19.2. The topological polar surface area (TPSA) is 52.6 Å². The molecule has 0 saturated carbocycles. The Morgan fingerprint density at radius 1 is 0.733 bits per heavy atom. The zero-order valence-electron chi connectivity index (χ0n) is 19.2. The molecule has 0 radical (unpaired) electrons. The van der Waals surface area contributed by atoms with Gasteiger partial charge in [-0.15, -0.1) is 0 Å². The van der Waals surface area contributed by atoms with Crippen LogP contribution in [0.2, 0.25) is 0 Å². The van der Waals surface area contributed by atoms with Crippen LogP contribution in [0.5, 0.6) is 0 Å². The minimum Gasteiger partial charge on any atom is -0.466 e. The van der Waals surface area contributed by atoms with Crippen molar-refractivity contribution in [1.82, 2.24) is 0 Å². The Morgan fingerprint density at radius 3 is 1.90 bits per heavy atom. The van der Waals surface area contributed by atoms with Gasteiger partial charge in [-0.3, -0.25) is 9.59 Å². The number of carbonyl (C=O) groups excluding carboxylic acids is 2. The molecule has 4 heteroatoms. The van der Waals surface area contributed by atoms with Gasteiger partial charge in [-0.2, -0.15) is 0 Å². The summed E-state index contributed by atoms with van der Waals surface area (Å²) in [6.07, 6.45) is 14.1. The lowest BCUT2D eigenvalue weighted by atomic mass is 10.1. The molecule has 0 N–H and O–H groups in total. The number of hydrogen-bond acceptors (Lipinski definition) is 4. The summed E-state index contributed by atoms with van der Waals surface area (Å²) in [6.45, 7) is 4.73. The Morgan fingerprint density at radius 2 is 1.30 bits per heavy atom. The fourth-order valence-corrected chi connectivity index (χ4v) is 3.50. The van der Waals surface area contributed by atoms with Gasteiger partial charge in [0.1, 0.15) is 6.10 Å². The average Bonchev–Trinajstić information content (AvgIpc) is 2.76. The minimum absolute atomic E-state index is 0.214. The van der Waals surface area contributed by atoms with E-state index < -0.39 is 0 Å². The lowest BCUT2D eigenvalue weighted by Gasteiger charge is -2.16. The minimum atomic E-state index is -0.256. The number of rotatable bonds is 18. The molecule has 0 bridgehead atoms. The van der Waals surface area contributed by atoms with E-state index in [1.807, 2.05) is 37.3 Å². The van der Waals surface area contributed by atoms with Gasteiger partial charge < -0.3 is 9.47 Å². The van der Waals surface area contributed by atoms with Gasteiger partial charge >= 0.3 is 11.9 Å². The zero-order chi connectivity index (χ0) is 21.9. The van der Waals surface area contributed by atoms with E-state index in [9.17, 15) is 9.59 Å². The molecule has 4 nitrogen and oxygen atoms in total. The Labute approximate surface area is 183 Å². The number of benzene rings is 1. The van der Waals surface area contributed by atoms with E-state index in [1.165, 1.54) is 51.4 Å². The molecule has 1 unspecified atom stereocenters. The summed E-state index contributed by atoms with van der Waals surface area (Å²) in [4.78, 5) is 23.9. The van der Waals surface area contributed by atoms with Crippen LogP contribution in [0, 0.1) is 0 Å². The number of carbonyl (C=O) groups is 2. The SMILES string of the molecule is CCCCCCCCCCCCOC(=O)CCCC(=O)OC(CC)c1ccccc1. The smallest absolute Gasteiger partial charge is 0.306 e. The molecule has 0 heterocycles. The van der Waals surface area contributed by atoms with Crippen LogP contribution in [0.1, 0.15) is 115 Å². The van der Waals surface area contributed by atoms with E-state index in [4.69, 9.17) is 9.47 Å². The molecule has 30 heavy (non-hydrogen) atoms. The third-order valence-corrected chi connectivity index (χ3v) is 5.34. The maximum Gasteiger partial charge on any atom is 0.306 e. The van der Waals surface area contributed by atoms with E-state index in [2.05, 4.69) is 6.92 Å². The summed E-state index contributed by atoms with van der Waals surface area (Å²) in [5.41, 5.74) is 1.00. The van der Waals surface area contributed by atoms with Crippen molar-refractivity contribution in [3.8, 4) is 0 Å². The molecule has 0 aliphatic carbocycles. The van der Waals surface area contributed by atoms with Crippen LogP contribution in [0.25, 0.3) is 0 Å². The summed E-state index contributed by atoms with van der Waals surface area (Å²) >= 11 is 0. The largest absolute Gasteiger partial charge is 0.466 e. The molecule has 1 aromatic carbocycles. The highest BCUT2D eigenvalue weighted by Gasteiger charge is 2.15. The molecule has 0 aliphatic rings. The fourth-order valence-electron chi connectivity index (χ4n) is 3.50. The standard InChI is InChI=1S/C26H42O4/c1-3-5-6-7-8-9-10-11-12-16-22-29-25(27)20-17-21-26(28)30-24(4-2)23-18-14-13-15-19-23/h13-15,18-19,24H,3-12,16-17,20-22H2,1-2H3. The van der Waals surface area contributed by atoms with Gasteiger partial charge in [0.05, 0.1) is 6.61 Å². The molecule has 1 aromatic rings. The van der Waals surface area contributed by atoms with Crippen molar-refractivity contribution in [2.75, 3.05) is 6.61 Å². The van der Waals surface area contributed by atoms with Gasteiger partial charge in [0.15, 0.2) is 0 Å². The maximum atomic E-state index is 12.1. The van der Waals surface area contributed by atoms with Crippen LogP contribution >= 0.6 is 0 Å². The fraction of sp³-hybridized carbons (Fsp3) is 0.692. The molecule has 170 valence electrons. The van der Waals surface area contributed by atoms with Gasteiger partial charge in [-0.25, -0.2) is 0 Å². The first-order chi connectivity index (χ1) is 14.7. The average molecular weight is 419 g/mol. The molecule has 0 fully saturated rings. The molecule has 0 saturated heterocycles. The third kappa shape index (κ3) is 13.4. The Balaban J connectivity index is 1.98. The Hall–Kier alpha value is -1.84. The van der Waals surface area contributed by atoms with Gasteiger partial charge in [0.25, 0.3) is 0 Å². The van der Waals surface area contributed by atoms with E-state index >= 15 is 0 Å². The van der Waals surface area contributed by atoms with Crippen molar-refractivity contribution in [2.45, 2.75) is 110 Å². The number of hydrogen-bond donors (Lipinski definition) is 0. The van der Waals surface area contributed by atoms with Gasteiger partial charge in [-0.1, -0.05) is 102 Å². The molecule has 0 aliphatic heterocycles. The predicted octanol–water partition coefficient (Wildman–Crippen LogP) is 7.32. The van der Waals surface area contributed by atoms with Crippen molar-refractivity contribution < 1.29 is 19.1 Å². The summed E-state index contributed by atoms with van der Waals surface area (Å²) in [7, 11) is 0. The number of esters is 2. The number of ether oxygens (including phenoxy) is 2. The van der Waals surface area contributed by atoms with Crippen LogP contribution < -0.4 is 0 Å². The van der Waals surface area contributed by atoms with Crippen molar-refractivity contribution in [3.63, 3.8) is 0 Å². The molecule has 1 atom stereocenters. The lowest BCUT2D eigenvalue weighted by molar-refractivity contribution is -0.150. The highest BCUT2D eigenvalue weighted by Crippen LogP contribution is 2.21. The van der Waals surface area contributed by atoms with Crippen molar-refractivity contribution in [2.24, 2.45) is 0 Å². The van der Waals surface area contributed by atoms with Crippen molar-refractivity contribution in [1.29, 1.82) is 0 Å². The van der Waals surface area contributed by atoms with E-state index in [0.717, 1.165) is 24.8 Å². The van der Waals surface area contributed by atoms with Gasteiger partial charge in [0.2, 0.25) is 0 Å². The summed E-state index contributed by atoms with van der Waals surface area (Å²) in [5.74, 6) is -0.470. The molecular weight excluding hydrogens is 376 g/mol. The summed E-state index contributed by atoms with van der Waals surface area (Å²) in [6, 6.07) is 9.76. The van der Waals surface area contributed by atoms with Crippen molar-refractivity contribution >= 4 is 11.9 Å².